The summed E-state index contributed by atoms with van der Waals surface area (Å²) < 4.78 is 0. The van der Waals surface area contributed by atoms with E-state index in [1.54, 1.807) is 0 Å². The summed E-state index contributed by atoms with van der Waals surface area (Å²) in [5.74, 6) is 0.883. The second-order valence-corrected chi connectivity index (χ2v) is 7.62. The molecule has 3 heterocycles. The van der Waals surface area contributed by atoms with Gasteiger partial charge in [0.1, 0.15) is 0 Å². The molecule has 2 bridgehead atoms. The molecule has 3 rings (SSSR count). The Bertz CT molecular complexity index is 371. The normalized spacial score (nSPS) is 32.5. The Hall–Kier alpha value is -0.0300. The van der Waals surface area contributed by atoms with Crippen LogP contribution in [0.4, 0.5) is 0 Å². The Morgan fingerprint density at radius 2 is 1.83 bits per heavy atom. The van der Waals surface area contributed by atoms with Crippen molar-refractivity contribution in [2.45, 2.75) is 82.8 Å². The summed E-state index contributed by atoms with van der Waals surface area (Å²) in [5, 5.41) is 6.82. The van der Waals surface area contributed by atoms with Crippen LogP contribution < -0.4 is 10.6 Å². The molecule has 3 aliphatic heterocycles. The number of nitrogens with zero attached hydrogens (tertiary/aromatic N) is 1. The van der Waals surface area contributed by atoms with Crippen LogP contribution in [0.1, 0.15) is 64.7 Å². The summed E-state index contributed by atoms with van der Waals surface area (Å²) in [4.78, 5) is 14.8. The van der Waals surface area contributed by atoms with Gasteiger partial charge in [0.15, 0.2) is 0 Å². The zero-order valence-electron chi connectivity index (χ0n) is 15.0. The van der Waals surface area contributed by atoms with Gasteiger partial charge in [-0.2, -0.15) is 0 Å². The number of fused-ring (bicyclic) bond motifs is 2. The van der Waals surface area contributed by atoms with E-state index in [-0.39, 0.29) is 30.7 Å². The predicted molar refractivity (Wildman–Crippen MR) is 104 cm³/mol. The number of carbonyl (C=O) groups excluding carboxylic acids is 1. The van der Waals surface area contributed by atoms with Gasteiger partial charge in [0, 0.05) is 37.6 Å². The Kier molecular flexibility index (Phi) is 9.95. The Morgan fingerprint density at radius 1 is 1.12 bits per heavy atom. The fourth-order valence-electron chi connectivity index (χ4n) is 4.83. The van der Waals surface area contributed by atoms with Gasteiger partial charge in [-0.25, -0.2) is 0 Å². The van der Waals surface area contributed by atoms with Gasteiger partial charge in [0.25, 0.3) is 0 Å². The van der Waals surface area contributed by atoms with Gasteiger partial charge in [0.05, 0.1) is 0 Å². The Labute approximate surface area is 159 Å². The molecule has 4 nitrogen and oxygen atoms in total. The summed E-state index contributed by atoms with van der Waals surface area (Å²) in [6, 6.07) is 2.12. The molecule has 2 N–H and O–H groups in total. The summed E-state index contributed by atoms with van der Waals surface area (Å²) in [5.41, 5.74) is 0. The van der Waals surface area contributed by atoms with Gasteiger partial charge in [-0.1, -0.05) is 13.3 Å². The minimum absolute atomic E-state index is 0. The molecule has 24 heavy (non-hydrogen) atoms. The van der Waals surface area contributed by atoms with Crippen LogP contribution in [0.5, 0.6) is 0 Å². The van der Waals surface area contributed by atoms with Crippen molar-refractivity contribution in [2.75, 3.05) is 19.6 Å². The van der Waals surface area contributed by atoms with Crippen molar-refractivity contribution in [3.8, 4) is 0 Å². The van der Waals surface area contributed by atoms with E-state index in [4.69, 9.17) is 0 Å². The van der Waals surface area contributed by atoms with Crippen LogP contribution in [0.3, 0.4) is 0 Å². The highest BCUT2D eigenvalue weighted by molar-refractivity contribution is 5.85. The van der Waals surface area contributed by atoms with E-state index in [9.17, 15) is 4.79 Å². The molecule has 142 valence electrons. The van der Waals surface area contributed by atoms with E-state index < -0.39 is 0 Å². The van der Waals surface area contributed by atoms with Crippen LogP contribution in [-0.2, 0) is 4.79 Å². The second kappa shape index (κ2) is 10.8. The Morgan fingerprint density at radius 3 is 2.50 bits per heavy atom. The fraction of sp³-hybridized carbons (Fsp3) is 0.944. The number of carbonyl (C=O) groups is 1. The first kappa shape index (κ1) is 22.0. The zero-order chi connectivity index (χ0) is 15.4. The summed E-state index contributed by atoms with van der Waals surface area (Å²) >= 11 is 0. The summed E-state index contributed by atoms with van der Waals surface area (Å²) in [6.45, 7) is 5.36. The molecule has 3 fully saturated rings. The number of rotatable bonds is 6. The lowest BCUT2D eigenvalue weighted by Gasteiger charge is -2.35. The van der Waals surface area contributed by atoms with Gasteiger partial charge in [-0.05, 0) is 57.4 Å². The standard InChI is InChI=1S/C18H33N3O.2ClH/c1-2-17-5-3-4-9-21(17)10-8-19-18(22)13-14-11-15-6-7-16(12-14)20-15;;/h14-17,20H,2-13H2,1H3,(H,19,22);2*1H. The van der Waals surface area contributed by atoms with Crippen LogP contribution in [0.15, 0.2) is 0 Å². The fourth-order valence-corrected chi connectivity index (χ4v) is 4.83. The molecule has 3 atom stereocenters. The number of halogens is 2. The Balaban J connectivity index is 0.00000144. The third kappa shape index (κ3) is 6.05. The molecule has 0 spiro atoms. The monoisotopic (exact) mass is 379 g/mol. The van der Waals surface area contributed by atoms with Crippen molar-refractivity contribution in [1.82, 2.24) is 15.5 Å². The van der Waals surface area contributed by atoms with Crippen LogP contribution in [-0.4, -0.2) is 48.6 Å². The van der Waals surface area contributed by atoms with Crippen molar-refractivity contribution in [3.63, 3.8) is 0 Å². The number of piperidine rings is 2. The third-order valence-corrected chi connectivity index (χ3v) is 5.99. The van der Waals surface area contributed by atoms with Gasteiger partial charge >= 0.3 is 0 Å². The van der Waals surface area contributed by atoms with Crippen molar-refractivity contribution in [2.24, 2.45) is 5.92 Å². The van der Waals surface area contributed by atoms with Gasteiger partial charge in [0.2, 0.25) is 5.91 Å². The van der Waals surface area contributed by atoms with Crippen LogP contribution in [0.2, 0.25) is 0 Å². The molecule has 6 heteroatoms. The average Bonchev–Trinajstić information content (AvgIpc) is 2.86. The molecule has 0 aromatic heterocycles. The van der Waals surface area contributed by atoms with Gasteiger partial charge < -0.3 is 10.6 Å². The topological polar surface area (TPSA) is 44.4 Å². The number of amides is 1. The maximum absolute atomic E-state index is 12.2. The lowest BCUT2D eigenvalue weighted by Crippen LogP contribution is -2.44. The smallest absolute Gasteiger partial charge is 0.220 e. The zero-order valence-corrected chi connectivity index (χ0v) is 16.6. The molecule has 0 radical (unpaired) electrons. The second-order valence-electron chi connectivity index (χ2n) is 7.62. The summed E-state index contributed by atoms with van der Waals surface area (Å²) in [7, 11) is 0. The predicted octanol–water partition coefficient (Wildman–Crippen LogP) is 3.13. The largest absolute Gasteiger partial charge is 0.355 e. The summed E-state index contributed by atoms with van der Waals surface area (Å²) in [6.07, 6.45) is 11.1. The molecule has 3 aliphatic rings. The van der Waals surface area contributed by atoms with Crippen molar-refractivity contribution >= 4 is 30.7 Å². The molecule has 0 aromatic carbocycles. The SMILES string of the molecule is CCC1CCCCN1CCNC(=O)CC1CC2CCC(C1)N2.Cl.Cl. The number of hydrogen-bond acceptors (Lipinski definition) is 3. The molecule has 3 saturated heterocycles. The molecular formula is C18H35Cl2N3O. The highest BCUT2D eigenvalue weighted by Crippen LogP contribution is 2.32. The minimum atomic E-state index is 0. The first-order chi connectivity index (χ1) is 10.7. The first-order valence-corrected chi connectivity index (χ1v) is 9.51. The van der Waals surface area contributed by atoms with Crippen molar-refractivity contribution < 1.29 is 4.79 Å². The van der Waals surface area contributed by atoms with E-state index in [2.05, 4.69) is 22.5 Å². The highest BCUT2D eigenvalue weighted by Gasteiger charge is 2.34. The molecular weight excluding hydrogens is 345 g/mol. The van der Waals surface area contributed by atoms with Crippen molar-refractivity contribution in [1.29, 1.82) is 0 Å². The van der Waals surface area contributed by atoms with Gasteiger partial charge in [-0.3, -0.25) is 9.69 Å². The lowest BCUT2D eigenvalue weighted by atomic mass is 9.89. The van der Waals surface area contributed by atoms with Crippen molar-refractivity contribution in [3.05, 3.63) is 0 Å². The third-order valence-electron chi connectivity index (χ3n) is 5.99. The molecule has 0 aliphatic carbocycles. The number of hydrogen-bond donors (Lipinski definition) is 2. The average molecular weight is 380 g/mol. The minimum Gasteiger partial charge on any atom is -0.355 e. The maximum atomic E-state index is 12.2. The molecule has 0 aromatic rings. The molecule has 0 saturated carbocycles. The van der Waals surface area contributed by atoms with E-state index in [0.717, 1.165) is 25.6 Å². The molecule has 3 unspecified atom stereocenters. The van der Waals surface area contributed by atoms with E-state index in [1.807, 2.05) is 0 Å². The highest BCUT2D eigenvalue weighted by atomic mass is 35.5. The van der Waals surface area contributed by atoms with E-state index >= 15 is 0 Å². The maximum Gasteiger partial charge on any atom is 0.220 e. The van der Waals surface area contributed by atoms with E-state index in [1.165, 1.54) is 57.9 Å². The number of likely N-dealkylation sites (tertiary alicyclic amines) is 1. The van der Waals surface area contributed by atoms with E-state index in [0.29, 0.717) is 18.0 Å². The lowest BCUT2D eigenvalue weighted by molar-refractivity contribution is -0.122. The quantitative estimate of drug-likeness (QED) is 0.744. The van der Waals surface area contributed by atoms with Crippen LogP contribution in [0, 0.1) is 5.92 Å². The van der Waals surface area contributed by atoms with Gasteiger partial charge in [-0.15, -0.1) is 24.8 Å². The molecule has 1 amide bonds. The number of nitrogens with one attached hydrogen (secondary N) is 2. The first-order valence-electron chi connectivity index (χ1n) is 9.51. The van der Waals surface area contributed by atoms with Crippen LogP contribution in [0.25, 0.3) is 0 Å². The van der Waals surface area contributed by atoms with Crippen LogP contribution >= 0.6 is 24.8 Å².